The van der Waals surface area contributed by atoms with Gasteiger partial charge in [0.1, 0.15) is 5.65 Å². The molecule has 4 heteroatoms. The molecule has 2 unspecified atom stereocenters. The molecule has 1 N–H and O–H groups in total. The predicted molar refractivity (Wildman–Crippen MR) is 74.9 cm³/mol. The van der Waals surface area contributed by atoms with E-state index in [1.807, 2.05) is 12.3 Å². The molecule has 0 radical (unpaired) electrons. The van der Waals surface area contributed by atoms with Crippen molar-refractivity contribution in [1.82, 2.24) is 14.7 Å². The largest absolute Gasteiger partial charge is 0.316 e. The van der Waals surface area contributed by atoms with E-state index < -0.39 is 0 Å². The summed E-state index contributed by atoms with van der Waals surface area (Å²) >= 11 is 0. The molecule has 1 fully saturated rings. The number of hydrogen-bond acceptors (Lipinski definition) is 2. The molecule has 0 saturated carbocycles. The van der Waals surface area contributed by atoms with Crippen LogP contribution in [0, 0.1) is 11.8 Å². The summed E-state index contributed by atoms with van der Waals surface area (Å²) in [5, 5.41) is 3.46. The second-order valence-corrected chi connectivity index (χ2v) is 5.05. The fraction of sp³-hybridized carbons (Fsp3) is 0.357. The summed E-state index contributed by atoms with van der Waals surface area (Å²) < 4.78 is 2.19. The van der Waals surface area contributed by atoms with Crippen molar-refractivity contribution in [3.05, 3.63) is 42.4 Å². The van der Waals surface area contributed by atoms with E-state index in [1.54, 1.807) is 0 Å². The second-order valence-electron chi connectivity index (χ2n) is 5.05. The Morgan fingerprint density at radius 3 is 3.11 bits per heavy atom. The van der Waals surface area contributed by atoms with E-state index in [1.165, 1.54) is 24.2 Å². The fourth-order valence-electron chi connectivity index (χ4n) is 3.14. The van der Waals surface area contributed by atoms with Gasteiger partial charge in [-0.25, -0.2) is 4.98 Å². The van der Waals surface area contributed by atoms with Crippen LogP contribution in [0.2, 0.25) is 0 Å². The number of nitrogens with one attached hydrogen (secondary N) is 1. The average Bonchev–Trinajstić information content (AvgIpc) is 3.01. The molecule has 18 heavy (non-hydrogen) atoms. The first-order valence-electron chi connectivity index (χ1n) is 6.26. The maximum atomic E-state index is 4.46. The summed E-state index contributed by atoms with van der Waals surface area (Å²) in [6.45, 7) is 2.31. The minimum Gasteiger partial charge on any atom is -0.316 e. The zero-order valence-electron chi connectivity index (χ0n) is 10.0. The van der Waals surface area contributed by atoms with Crippen LogP contribution in [0.25, 0.3) is 11.2 Å². The molecule has 3 nitrogen and oxygen atoms in total. The first-order chi connectivity index (χ1) is 8.42. The van der Waals surface area contributed by atoms with Gasteiger partial charge in [-0.2, -0.15) is 0 Å². The first kappa shape index (κ1) is 11.8. The Kier molecular flexibility index (Phi) is 2.88. The Morgan fingerprint density at radius 1 is 1.28 bits per heavy atom. The monoisotopic (exact) mass is 261 g/mol. The maximum Gasteiger partial charge on any atom is 0.137 e. The Hall–Kier alpha value is -1.32. The number of allylic oxidation sites excluding steroid dienone is 1. The third-order valence-corrected chi connectivity index (χ3v) is 4.04. The normalized spacial score (nSPS) is 25.9. The molecule has 0 spiro atoms. The van der Waals surface area contributed by atoms with Gasteiger partial charge in [-0.05, 0) is 42.5 Å². The van der Waals surface area contributed by atoms with Crippen molar-refractivity contribution in [2.75, 3.05) is 13.1 Å². The van der Waals surface area contributed by atoms with Gasteiger partial charge in [0.15, 0.2) is 0 Å². The highest BCUT2D eigenvalue weighted by molar-refractivity contribution is 5.85. The lowest BCUT2D eigenvalue weighted by molar-refractivity contribution is 0.536. The van der Waals surface area contributed by atoms with Crippen molar-refractivity contribution >= 4 is 23.6 Å². The van der Waals surface area contributed by atoms with Crippen molar-refractivity contribution in [1.29, 1.82) is 0 Å². The molecular weight excluding hydrogens is 246 g/mol. The minimum atomic E-state index is 0. The van der Waals surface area contributed by atoms with E-state index >= 15 is 0 Å². The quantitative estimate of drug-likeness (QED) is 0.854. The van der Waals surface area contributed by atoms with Gasteiger partial charge in [-0.3, -0.25) is 0 Å². The van der Waals surface area contributed by atoms with Crippen LogP contribution in [0.5, 0.6) is 0 Å². The third kappa shape index (κ3) is 1.66. The van der Waals surface area contributed by atoms with Crippen LogP contribution in [-0.2, 0) is 0 Å². The van der Waals surface area contributed by atoms with E-state index in [9.17, 15) is 0 Å². The molecule has 4 rings (SSSR count). The van der Waals surface area contributed by atoms with E-state index in [0.717, 1.165) is 24.0 Å². The highest BCUT2D eigenvalue weighted by Gasteiger charge is 2.32. The van der Waals surface area contributed by atoms with Gasteiger partial charge >= 0.3 is 0 Å². The van der Waals surface area contributed by atoms with Gasteiger partial charge in [0.2, 0.25) is 0 Å². The Labute approximate surface area is 112 Å². The number of rotatable bonds is 1. The maximum absolute atomic E-state index is 4.46. The van der Waals surface area contributed by atoms with Crippen molar-refractivity contribution < 1.29 is 0 Å². The van der Waals surface area contributed by atoms with Crippen molar-refractivity contribution in [3.63, 3.8) is 0 Å². The summed E-state index contributed by atoms with van der Waals surface area (Å²) in [5.74, 6) is 1.54. The molecule has 2 aliphatic rings. The summed E-state index contributed by atoms with van der Waals surface area (Å²) in [6.07, 6.45) is 7.75. The number of fused-ring (bicyclic) bond motifs is 2. The number of pyridine rings is 1. The van der Waals surface area contributed by atoms with Gasteiger partial charge in [-0.15, -0.1) is 12.4 Å². The van der Waals surface area contributed by atoms with Crippen molar-refractivity contribution in [2.45, 2.75) is 6.42 Å². The number of hydrogen-bond donors (Lipinski definition) is 1. The van der Waals surface area contributed by atoms with Crippen LogP contribution in [0.1, 0.15) is 12.1 Å². The number of nitrogens with zero attached hydrogens (tertiary/aromatic N) is 2. The van der Waals surface area contributed by atoms with Gasteiger partial charge in [-0.1, -0.05) is 12.1 Å². The molecule has 1 aliphatic heterocycles. The molecule has 0 aromatic carbocycles. The topological polar surface area (TPSA) is 29.3 Å². The van der Waals surface area contributed by atoms with Gasteiger partial charge in [0, 0.05) is 12.7 Å². The first-order valence-corrected chi connectivity index (χ1v) is 6.26. The van der Waals surface area contributed by atoms with Gasteiger partial charge in [0.25, 0.3) is 0 Å². The van der Waals surface area contributed by atoms with Crippen LogP contribution in [0.4, 0.5) is 0 Å². The summed E-state index contributed by atoms with van der Waals surface area (Å²) in [6, 6.07) is 6.16. The molecule has 2 aromatic heterocycles. The average molecular weight is 262 g/mol. The lowest BCUT2D eigenvalue weighted by Crippen LogP contribution is -2.09. The SMILES string of the molecule is C1=C(c2cnc3ccccn23)CC2CNCC12.Cl. The molecule has 0 bridgehead atoms. The van der Waals surface area contributed by atoms with E-state index in [0.29, 0.717) is 0 Å². The van der Waals surface area contributed by atoms with Crippen LogP contribution in [0.3, 0.4) is 0 Å². The summed E-state index contributed by atoms with van der Waals surface area (Å²) in [5.41, 5.74) is 3.79. The lowest BCUT2D eigenvalue weighted by Gasteiger charge is -2.06. The Bertz CT molecular complexity index is 602. The van der Waals surface area contributed by atoms with Crippen LogP contribution in [-0.4, -0.2) is 22.5 Å². The van der Waals surface area contributed by atoms with Crippen molar-refractivity contribution in [3.8, 4) is 0 Å². The number of imidazole rings is 1. The molecule has 94 valence electrons. The molecular formula is C14H16ClN3. The number of halogens is 1. The summed E-state index contributed by atoms with van der Waals surface area (Å²) in [7, 11) is 0. The second kappa shape index (κ2) is 4.41. The predicted octanol–water partition coefficient (Wildman–Crippen LogP) is 2.38. The Balaban J connectivity index is 0.000001000. The molecule has 1 aliphatic carbocycles. The highest BCUT2D eigenvalue weighted by atomic mass is 35.5. The fourth-order valence-corrected chi connectivity index (χ4v) is 3.14. The molecule has 2 aromatic rings. The van der Waals surface area contributed by atoms with Crippen molar-refractivity contribution in [2.24, 2.45) is 11.8 Å². The van der Waals surface area contributed by atoms with Crippen LogP contribution in [0.15, 0.2) is 36.7 Å². The smallest absolute Gasteiger partial charge is 0.137 e. The molecule has 2 atom stereocenters. The van der Waals surface area contributed by atoms with Gasteiger partial charge < -0.3 is 9.72 Å². The lowest BCUT2D eigenvalue weighted by atomic mass is 9.99. The van der Waals surface area contributed by atoms with Gasteiger partial charge in [0.05, 0.1) is 11.9 Å². The molecule has 3 heterocycles. The van der Waals surface area contributed by atoms with Crippen LogP contribution < -0.4 is 5.32 Å². The standard InChI is InChI=1S/C14H15N3.ClH/c1-2-4-17-13(9-16-14(17)3-1)10-5-11-7-15-8-12(11)6-10;/h1-5,9,11-12,15H,6-8H2;1H. The zero-order valence-corrected chi connectivity index (χ0v) is 10.9. The number of aromatic nitrogens is 2. The third-order valence-electron chi connectivity index (χ3n) is 4.04. The Morgan fingerprint density at radius 2 is 2.22 bits per heavy atom. The summed E-state index contributed by atoms with van der Waals surface area (Å²) in [4.78, 5) is 4.46. The van der Waals surface area contributed by atoms with E-state index in [-0.39, 0.29) is 12.4 Å². The highest BCUT2D eigenvalue weighted by Crippen LogP contribution is 2.38. The van der Waals surface area contributed by atoms with E-state index in [4.69, 9.17) is 0 Å². The van der Waals surface area contributed by atoms with E-state index in [2.05, 4.69) is 39.1 Å². The zero-order chi connectivity index (χ0) is 11.2. The molecule has 0 amide bonds. The van der Waals surface area contributed by atoms with Crippen LogP contribution >= 0.6 is 12.4 Å². The molecule has 1 saturated heterocycles. The minimum absolute atomic E-state index is 0.